The van der Waals surface area contributed by atoms with Crippen LogP contribution in [0.25, 0.3) is 0 Å². The standard InChI is InChI=1S/C18H25N3O3/c22-16(20-15-7-2-1-3-8-15)12-19-17(23)21-11-10-18(24)9-5-4-6-14(18)13-21/h1-3,7-8,14,24H,4-6,9-13H2,(H,19,23)(H,20,22)/t14-,18+/m0/s1. The molecule has 6 nitrogen and oxygen atoms in total. The van der Waals surface area contributed by atoms with Gasteiger partial charge in [-0.15, -0.1) is 0 Å². The van der Waals surface area contributed by atoms with Gasteiger partial charge < -0.3 is 20.6 Å². The summed E-state index contributed by atoms with van der Waals surface area (Å²) in [7, 11) is 0. The highest BCUT2D eigenvalue weighted by atomic mass is 16.3. The van der Waals surface area contributed by atoms with E-state index in [0.717, 1.165) is 25.7 Å². The molecule has 24 heavy (non-hydrogen) atoms. The largest absolute Gasteiger partial charge is 0.389 e. The molecule has 1 aromatic rings. The van der Waals surface area contributed by atoms with Crippen molar-refractivity contribution < 1.29 is 14.7 Å². The SMILES string of the molecule is O=C(CNC(=O)N1CC[C@]2(O)CCCC[C@H]2C1)Nc1ccccc1. The van der Waals surface area contributed by atoms with Crippen LogP contribution >= 0.6 is 0 Å². The van der Waals surface area contributed by atoms with Crippen LogP contribution in [-0.4, -0.2) is 47.2 Å². The van der Waals surface area contributed by atoms with Crippen molar-refractivity contribution in [2.45, 2.75) is 37.7 Å². The van der Waals surface area contributed by atoms with Crippen LogP contribution in [0.5, 0.6) is 0 Å². The minimum absolute atomic E-state index is 0.0564. The van der Waals surface area contributed by atoms with E-state index in [9.17, 15) is 14.7 Å². The number of fused-ring (bicyclic) bond motifs is 1. The Balaban J connectivity index is 1.46. The fraction of sp³-hybridized carbons (Fsp3) is 0.556. The summed E-state index contributed by atoms with van der Waals surface area (Å²) in [5.74, 6) is -0.0929. The average Bonchev–Trinajstić information content (AvgIpc) is 2.59. The number of benzene rings is 1. The van der Waals surface area contributed by atoms with Crippen LogP contribution in [0.1, 0.15) is 32.1 Å². The van der Waals surface area contributed by atoms with Crippen LogP contribution in [0.3, 0.4) is 0 Å². The van der Waals surface area contributed by atoms with Crippen LogP contribution in [0.2, 0.25) is 0 Å². The Hall–Kier alpha value is -2.08. The Morgan fingerprint density at radius 2 is 2.00 bits per heavy atom. The smallest absolute Gasteiger partial charge is 0.317 e. The number of para-hydroxylation sites is 1. The fourth-order valence-corrected chi connectivity index (χ4v) is 3.75. The summed E-state index contributed by atoms with van der Waals surface area (Å²) < 4.78 is 0. The maximum atomic E-state index is 12.3. The van der Waals surface area contributed by atoms with Crippen molar-refractivity contribution in [2.75, 3.05) is 25.0 Å². The van der Waals surface area contributed by atoms with Crippen molar-refractivity contribution in [1.82, 2.24) is 10.2 Å². The molecule has 2 fully saturated rings. The van der Waals surface area contributed by atoms with Gasteiger partial charge in [0, 0.05) is 24.7 Å². The number of likely N-dealkylation sites (tertiary alicyclic amines) is 1. The molecule has 0 unspecified atom stereocenters. The number of hydrogen-bond acceptors (Lipinski definition) is 3. The Labute approximate surface area is 142 Å². The fourth-order valence-electron chi connectivity index (χ4n) is 3.75. The molecule has 1 aromatic carbocycles. The monoisotopic (exact) mass is 331 g/mol. The lowest BCUT2D eigenvalue weighted by Gasteiger charge is -2.47. The third kappa shape index (κ3) is 3.87. The van der Waals surface area contributed by atoms with E-state index in [-0.39, 0.29) is 24.4 Å². The number of anilines is 1. The lowest BCUT2D eigenvalue weighted by Crippen LogP contribution is -2.56. The van der Waals surface area contributed by atoms with Crippen molar-refractivity contribution in [1.29, 1.82) is 0 Å². The van der Waals surface area contributed by atoms with Gasteiger partial charge >= 0.3 is 6.03 Å². The van der Waals surface area contributed by atoms with Crippen molar-refractivity contribution in [2.24, 2.45) is 5.92 Å². The quantitative estimate of drug-likeness (QED) is 0.792. The second-order valence-corrected chi connectivity index (χ2v) is 6.82. The molecule has 0 radical (unpaired) electrons. The second-order valence-electron chi connectivity index (χ2n) is 6.82. The van der Waals surface area contributed by atoms with E-state index >= 15 is 0 Å². The Kier molecular flexibility index (Phi) is 5.04. The van der Waals surface area contributed by atoms with E-state index in [1.54, 1.807) is 17.0 Å². The van der Waals surface area contributed by atoms with E-state index < -0.39 is 5.60 Å². The summed E-state index contributed by atoms with van der Waals surface area (Å²) in [5.41, 5.74) is 0.113. The predicted octanol–water partition coefficient (Wildman–Crippen LogP) is 1.96. The highest BCUT2D eigenvalue weighted by Crippen LogP contribution is 2.39. The number of carbonyl (C=O) groups is 2. The zero-order chi connectivity index (χ0) is 17.0. The third-order valence-corrected chi connectivity index (χ3v) is 5.17. The number of piperidine rings is 1. The van der Waals surface area contributed by atoms with Crippen LogP contribution in [0, 0.1) is 5.92 Å². The van der Waals surface area contributed by atoms with Gasteiger partial charge in [-0.25, -0.2) is 4.79 Å². The van der Waals surface area contributed by atoms with E-state index in [1.807, 2.05) is 18.2 Å². The van der Waals surface area contributed by atoms with Gasteiger partial charge in [-0.2, -0.15) is 0 Å². The average molecular weight is 331 g/mol. The number of nitrogens with zero attached hydrogens (tertiary/aromatic N) is 1. The molecule has 1 saturated heterocycles. The van der Waals surface area contributed by atoms with Crippen molar-refractivity contribution >= 4 is 17.6 Å². The predicted molar refractivity (Wildman–Crippen MR) is 91.6 cm³/mol. The highest BCUT2D eigenvalue weighted by Gasteiger charge is 2.43. The van der Waals surface area contributed by atoms with Crippen molar-refractivity contribution in [3.63, 3.8) is 0 Å². The minimum atomic E-state index is -0.598. The minimum Gasteiger partial charge on any atom is -0.389 e. The second kappa shape index (κ2) is 7.21. The van der Waals surface area contributed by atoms with E-state index in [4.69, 9.17) is 0 Å². The number of amides is 3. The molecule has 130 valence electrons. The first-order valence-electron chi connectivity index (χ1n) is 8.67. The topological polar surface area (TPSA) is 81.7 Å². The van der Waals surface area contributed by atoms with E-state index in [1.165, 1.54) is 0 Å². The van der Waals surface area contributed by atoms with Crippen molar-refractivity contribution in [3.05, 3.63) is 30.3 Å². The summed E-state index contributed by atoms with van der Waals surface area (Å²) in [5, 5.41) is 16.1. The molecule has 1 saturated carbocycles. The molecular formula is C18H25N3O3. The van der Waals surface area contributed by atoms with E-state index in [2.05, 4.69) is 10.6 Å². The highest BCUT2D eigenvalue weighted by molar-refractivity contribution is 5.94. The molecule has 1 heterocycles. The van der Waals surface area contributed by atoms with Crippen LogP contribution in [-0.2, 0) is 4.79 Å². The van der Waals surface area contributed by atoms with Gasteiger partial charge in [0.25, 0.3) is 0 Å². The van der Waals surface area contributed by atoms with Gasteiger partial charge in [0.1, 0.15) is 0 Å². The van der Waals surface area contributed by atoms with Crippen LogP contribution < -0.4 is 10.6 Å². The lowest BCUT2D eigenvalue weighted by molar-refractivity contribution is -0.115. The zero-order valence-corrected chi connectivity index (χ0v) is 13.8. The molecule has 6 heteroatoms. The first-order valence-corrected chi connectivity index (χ1v) is 8.67. The number of hydrogen-bond donors (Lipinski definition) is 3. The summed E-state index contributed by atoms with van der Waals surface area (Å²) >= 11 is 0. The molecule has 1 aliphatic heterocycles. The maximum absolute atomic E-state index is 12.3. The van der Waals surface area contributed by atoms with Gasteiger partial charge in [-0.05, 0) is 31.4 Å². The number of carbonyl (C=O) groups excluding carboxylic acids is 2. The van der Waals surface area contributed by atoms with Gasteiger partial charge in [0.05, 0.1) is 12.1 Å². The molecule has 2 atom stereocenters. The molecular weight excluding hydrogens is 306 g/mol. The van der Waals surface area contributed by atoms with Gasteiger partial charge in [0.15, 0.2) is 0 Å². The molecule has 2 aliphatic rings. The Morgan fingerprint density at radius 3 is 2.79 bits per heavy atom. The normalized spacial score (nSPS) is 26.4. The molecule has 3 rings (SSSR count). The molecule has 0 spiro atoms. The maximum Gasteiger partial charge on any atom is 0.317 e. The molecule has 3 N–H and O–H groups in total. The van der Waals surface area contributed by atoms with Gasteiger partial charge in [0.2, 0.25) is 5.91 Å². The first kappa shape index (κ1) is 16.8. The number of urea groups is 1. The summed E-state index contributed by atoms with van der Waals surface area (Å²) in [6.45, 7) is 1.06. The number of nitrogens with one attached hydrogen (secondary N) is 2. The Morgan fingerprint density at radius 1 is 1.21 bits per heavy atom. The Bertz CT molecular complexity index is 592. The van der Waals surface area contributed by atoms with Gasteiger partial charge in [-0.1, -0.05) is 31.0 Å². The molecule has 0 aromatic heterocycles. The molecule has 3 amide bonds. The van der Waals surface area contributed by atoms with Gasteiger partial charge in [-0.3, -0.25) is 4.79 Å². The van der Waals surface area contributed by atoms with Crippen molar-refractivity contribution in [3.8, 4) is 0 Å². The third-order valence-electron chi connectivity index (χ3n) is 5.17. The van der Waals surface area contributed by atoms with Crippen LogP contribution in [0.15, 0.2) is 30.3 Å². The first-order chi connectivity index (χ1) is 11.6. The summed E-state index contributed by atoms with van der Waals surface area (Å²) in [6.07, 6.45) is 4.61. The molecule has 0 bridgehead atoms. The van der Waals surface area contributed by atoms with Crippen LogP contribution in [0.4, 0.5) is 10.5 Å². The summed E-state index contributed by atoms with van der Waals surface area (Å²) in [4.78, 5) is 25.9. The molecule has 1 aliphatic carbocycles. The van der Waals surface area contributed by atoms with E-state index in [0.29, 0.717) is 25.2 Å². The lowest BCUT2D eigenvalue weighted by atomic mass is 9.71. The number of aliphatic hydroxyl groups is 1. The summed E-state index contributed by atoms with van der Waals surface area (Å²) in [6, 6.07) is 8.93. The zero-order valence-electron chi connectivity index (χ0n) is 13.8. The number of rotatable bonds is 3.